The van der Waals surface area contributed by atoms with Crippen LogP contribution in [-0.2, 0) is 0 Å². The van der Waals surface area contributed by atoms with Gasteiger partial charge in [-0.25, -0.2) is 4.39 Å². The second-order valence-corrected chi connectivity index (χ2v) is 4.03. The summed E-state index contributed by atoms with van der Waals surface area (Å²) in [6.07, 6.45) is -1.22. The second kappa shape index (κ2) is 4.27. The lowest BCUT2D eigenvalue weighted by molar-refractivity contribution is 0.0438. The zero-order valence-electron chi connectivity index (χ0n) is 8.64. The number of rotatable bonds is 2. The SMILES string of the molecule is Nc1ccc(F)cc1OC1C[C@@H](O)[C@H](O)C1. The van der Waals surface area contributed by atoms with Crippen molar-refractivity contribution in [1.82, 2.24) is 0 Å². The van der Waals surface area contributed by atoms with Gasteiger partial charge in [0.25, 0.3) is 0 Å². The maximum Gasteiger partial charge on any atom is 0.145 e. The van der Waals surface area contributed by atoms with E-state index in [0.29, 0.717) is 18.5 Å². The predicted octanol–water partition coefficient (Wildman–Crippen LogP) is 0.671. The highest BCUT2D eigenvalue weighted by molar-refractivity contribution is 5.52. The second-order valence-electron chi connectivity index (χ2n) is 4.03. The zero-order valence-corrected chi connectivity index (χ0v) is 8.64. The monoisotopic (exact) mass is 227 g/mol. The first kappa shape index (κ1) is 11.2. The van der Waals surface area contributed by atoms with E-state index in [1.807, 2.05) is 0 Å². The molecule has 1 aliphatic carbocycles. The minimum absolute atomic E-state index is 0.256. The van der Waals surface area contributed by atoms with Crippen molar-refractivity contribution in [2.75, 3.05) is 5.73 Å². The molecule has 1 aliphatic rings. The van der Waals surface area contributed by atoms with Gasteiger partial charge in [0.15, 0.2) is 0 Å². The highest BCUT2D eigenvalue weighted by Gasteiger charge is 2.33. The van der Waals surface area contributed by atoms with Gasteiger partial charge in [0, 0.05) is 18.9 Å². The maximum absolute atomic E-state index is 12.9. The Morgan fingerprint density at radius 2 is 1.88 bits per heavy atom. The van der Waals surface area contributed by atoms with E-state index in [1.54, 1.807) is 0 Å². The van der Waals surface area contributed by atoms with Crippen molar-refractivity contribution in [3.8, 4) is 5.75 Å². The van der Waals surface area contributed by atoms with Crippen LogP contribution in [0.3, 0.4) is 0 Å². The Kier molecular flexibility index (Phi) is 2.98. The van der Waals surface area contributed by atoms with Crippen LogP contribution in [0.25, 0.3) is 0 Å². The third-order valence-electron chi connectivity index (χ3n) is 2.72. The fourth-order valence-corrected chi connectivity index (χ4v) is 1.84. The van der Waals surface area contributed by atoms with E-state index in [4.69, 9.17) is 10.5 Å². The maximum atomic E-state index is 12.9. The van der Waals surface area contributed by atoms with Gasteiger partial charge in [0.1, 0.15) is 17.7 Å². The van der Waals surface area contributed by atoms with Crippen LogP contribution in [0.2, 0.25) is 0 Å². The smallest absolute Gasteiger partial charge is 0.145 e. The van der Waals surface area contributed by atoms with E-state index in [2.05, 4.69) is 0 Å². The molecule has 1 saturated carbocycles. The fourth-order valence-electron chi connectivity index (χ4n) is 1.84. The molecular weight excluding hydrogens is 213 g/mol. The summed E-state index contributed by atoms with van der Waals surface area (Å²) >= 11 is 0. The van der Waals surface area contributed by atoms with E-state index >= 15 is 0 Å². The van der Waals surface area contributed by atoms with Crippen molar-refractivity contribution in [2.45, 2.75) is 31.2 Å². The van der Waals surface area contributed by atoms with Gasteiger partial charge in [-0.2, -0.15) is 0 Å². The van der Waals surface area contributed by atoms with Gasteiger partial charge in [-0.1, -0.05) is 0 Å². The molecule has 4 nitrogen and oxygen atoms in total. The summed E-state index contributed by atoms with van der Waals surface area (Å²) < 4.78 is 18.4. The predicted molar refractivity (Wildman–Crippen MR) is 56.5 cm³/mol. The largest absolute Gasteiger partial charge is 0.488 e. The molecule has 1 aromatic rings. The van der Waals surface area contributed by atoms with Gasteiger partial charge in [-0.3, -0.25) is 0 Å². The first-order chi connectivity index (χ1) is 7.56. The van der Waals surface area contributed by atoms with Crippen molar-refractivity contribution < 1.29 is 19.3 Å². The molecule has 5 heteroatoms. The van der Waals surface area contributed by atoms with Crippen molar-refractivity contribution in [2.24, 2.45) is 0 Å². The summed E-state index contributed by atoms with van der Waals surface area (Å²) in [6, 6.07) is 3.87. The van der Waals surface area contributed by atoms with Gasteiger partial charge in [0.2, 0.25) is 0 Å². The number of anilines is 1. The standard InChI is InChI=1S/C11H14FNO3/c12-6-1-2-8(13)11(3-6)16-7-4-9(14)10(15)5-7/h1-3,7,9-10,14-15H,4-5,13H2/t9-,10-/m1/s1. The summed E-state index contributed by atoms with van der Waals surface area (Å²) in [7, 11) is 0. The molecule has 0 aliphatic heterocycles. The molecule has 1 aromatic carbocycles. The minimum Gasteiger partial charge on any atom is -0.488 e. The van der Waals surface area contributed by atoms with Crippen molar-refractivity contribution in [1.29, 1.82) is 0 Å². The summed E-state index contributed by atoms with van der Waals surface area (Å²) in [5.74, 6) is -0.172. The zero-order chi connectivity index (χ0) is 11.7. The van der Waals surface area contributed by atoms with E-state index in [1.165, 1.54) is 18.2 Å². The van der Waals surface area contributed by atoms with Gasteiger partial charge >= 0.3 is 0 Å². The first-order valence-electron chi connectivity index (χ1n) is 5.14. The van der Waals surface area contributed by atoms with Crippen LogP contribution in [0.1, 0.15) is 12.8 Å². The van der Waals surface area contributed by atoms with Crippen molar-refractivity contribution in [3.05, 3.63) is 24.0 Å². The Morgan fingerprint density at radius 3 is 2.50 bits per heavy atom. The summed E-state index contributed by atoms with van der Waals surface area (Å²) in [6.45, 7) is 0. The lowest BCUT2D eigenvalue weighted by Gasteiger charge is -2.14. The Hall–Kier alpha value is -1.33. The van der Waals surface area contributed by atoms with Crippen LogP contribution in [-0.4, -0.2) is 28.5 Å². The molecule has 4 N–H and O–H groups in total. The van der Waals surface area contributed by atoms with Gasteiger partial charge < -0.3 is 20.7 Å². The average Bonchev–Trinajstić information content (AvgIpc) is 2.52. The molecule has 1 fully saturated rings. The molecule has 0 saturated heterocycles. The van der Waals surface area contributed by atoms with E-state index in [-0.39, 0.29) is 11.9 Å². The van der Waals surface area contributed by atoms with Crippen LogP contribution in [0.5, 0.6) is 5.75 Å². The number of nitrogens with two attached hydrogens (primary N) is 1. The Bertz CT molecular complexity index is 375. The molecule has 88 valence electrons. The number of ether oxygens (including phenoxy) is 1. The molecule has 2 atom stereocenters. The molecule has 0 aromatic heterocycles. The average molecular weight is 227 g/mol. The molecule has 0 spiro atoms. The molecule has 0 amide bonds. The van der Waals surface area contributed by atoms with Crippen LogP contribution in [0.15, 0.2) is 18.2 Å². The topological polar surface area (TPSA) is 75.7 Å². The first-order valence-corrected chi connectivity index (χ1v) is 5.14. The number of nitrogen functional groups attached to an aromatic ring is 1. The Balaban J connectivity index is 2.07. The number of hydrogen-bond donors (Lipinski definition) is 3. The Morgan fingerprint density at radius 1 is 1.25 bits per heavy atom. The van der Waals surface area contributed by atoms with Crippen LogP contribution in [0, 0.1) is 5.82 Å². The summed E-state index contributed by atoms with van der Waals surface area (Å²) in [5.41, 5.74) is 5.96. The number of aliphatic hydroxyl groups is 2. The van der Waals surface area contributed by atoms with Crippen LogP contribution < -0.4 is 10.5 Å². The van der Waals surface area contributed by atoms with Crippen LogP contribution >= 0.6 is 0 Å². The fraction of sp³-hybridized carbons (Fsp3) is 0.455. The van der Waals surface area contributed by atoms with Crippen LogP contribution in [0.4, 0.5) is 10.1 Å². The molecule has 0 bridgehead atoms. The molecule has 0 unspecified atom stereocenters. The number of benzene rings is 1. The van der Waals surface area contributed by atoms with Gasteiger partial charge in [-0.15, -0.1) is 0 Å². The number of hydrogen-bond acceptors (Lipinski definition) is 4. The van der Waals surface area contributed by atoms with Crippen molar-refractivity contribution >= 4 is 5.69 Å². The quantitative estimate of drug-likeness (QED) is 0.649. The van der Waals surface area contributed by atoms with Gasteiger partial charge in [-0.05, 0) is 12.1 Å². The number of halogens is 1. The lowest BCUT2D eigenvalue weighted by Crippen LogP contribution is -2.17. The minimum atomic E-state index is -0.778. The normalized spacial score (nSPS) is 25.9. The van der Waals surface area contributed by atoms with E-state index in [9.17, 15) is 14.6 Å². The lowest BCUT2D eigenvalue weighted by atomic mass is 10.2. The highest BCUT2D eigenvalue weighted by Crippen LogP contribution is 2.29. The highest BCUT2D eigenvalue weighted by atomic mass is 19.1. The Labute approximate surface area is 92.5 Å². The van der Waals surface area contributed by atoms with Gasteiger partial charge in [0.05, 0.1) is 17.9 Å². The summed E-state index contributed by atoms with van der Waals surface area (Å²) in [4.78, 5) is 0. The molecular formula is C11H14FNO3. The summed E-state index contributed by atoms with van der Waals surface area (Å²) in [5, 5.41) is 18.7. The molecule has 0 heterocycles. The molecule has 0 radical (unpaired) electrons. The third-order valence-corrected chi connectivity index (χ3v) is 2.72. The van der Waals surface area contributed by atoms with E-state index < -0.39 is 18.0 Å². The van der Waals surface area contributed by atoms with E-state index in [0.717, 1.165) is 0 Å². The molecule has 16 heavy (non-hydrogen) atoms. The third kappa shape index (κ3) is 2.25. The molecule has 2 rings (SSSR count). The van der Waals surface area contributed by atoms with Crippen molar-refractivity contribution in [3.63, 3.8) is 0 Å². The number of aliphatic hydroxyl groups excluding tert-OH is 2.